The Morgan fingerprint density at radius 1 is 0.417 bits per heavy atom. The van der Waals surface area contributed by atoms with E-state index in [1.807, 2.05) is 11.3 Å². The SMILES string of the molecule is CC(C)c1cc2c3c(c1)N(c1ccc(C(C)(C)C)cc1)c1c(sc4ccc(C(C)(C)C)cc14)B3c1ccc(N(c3ccc(C(C)(C)C)cc3)c3ccccc3-c3ccc4ccccc4c3)cc1N2c1ccc(C(C)(C)C)cc1-c1ccccc1. The Labute approximate surface area is 504 Å². The smallest absolute Gasteiger partial charge is 0.264 e. The van der Waals surface area contributed by atoms with Crippen molar-refractivity contribution in [3.8, 4) is 22.3 Å². The summed E-state index contributed by atoms with van der Waals surface area (Å²) in [7, 11) is 0. The first-order valence-corrected chi connectivity index (χ1v) is 31.1. The summed E-state index contributed by atoms with van der Waals surface area (Å²) in [6.07, 6.45) is 0. The summed E-state index contributed by atoms with van der Waals surface area (Å²) >= 11 is 1.98. The van der Waals surface area contributed by atoms with E-state index in [9.17, 15) is 0 Å². The van der Waals surface area contributed by atoms with Gasteiger partial charge in [0.2, 0.25) is 0 Å². The molecule has 0 bridgehead atoms. The second kappa shape index (κ2) is 20.3. The van der Waals surface area contributed by atoms with Gasteiger partial charge in [0.15, 0.2) is 0 Å². The molecule has 10 aromatic carbocycles. The van der Waals surface area contributed by atoms with E-state index in [0.717, 1.165) is 22.7 Å². The second-order valence-corrected chi connectivity index (χ2v) is 29.2. The number of fused-ring (bicyclic) bond motifs is 7. The Morgan fingerprint density at radius 2 is 0.988 bits per heavy atom. The number of hydrogen-bond acceptors (Lipinski definition) is 4. The molecule has 0 fully saturated rings. The standard InChI is InChI=1S/C79H78BN3S/c1-50(2)55-45-70-73-71(46-55)83(68-42-34-58(78(9,10)11)47-64(68)52-23-16-15-17-24-52)69-49-62(81(60-36-30-56(31-37-60)76(3,4)5)67-27-21-20-26-63(67)54-29-28-51-22-18-19-25-53(51)44-54)40-41-66(69)80(73)75-74(65-48-59(79(12,13)14)35-43-72(65)84-75)82(70)61-38-32-57(33-39-61)77(6,7)8/h15-50H,1-14H3. The fourth-order valence-electron chi connectivity index (χ4n) is 12.9. The van der Waals surface area contributed by atoms with Crippen molar-refractivity contribution in [1.82, 2.24) is 0 Å². The molecule has 3 nitrogen and oxygen atoms in total. The normalized spacial score (nSPS) is 13.4. The molecule has 0 aliphatic carbocycles. The number of hydrogen-bond donors (Lipinski definition) is 0. The number of rotatable bonds is 8. The molecule has 0 saturated carbocycles. The van der Waals surface area contributed by atoms with Gasteiger partial charge in [-0.2, -0.15) is 0 Å². The number of benzene rings is 10. The molecule has 84 heavy (non-hydrogen) atoms. The molecule has 418 valence electrons. The molecule has 0 amide bonds. The molecule has 0 unspecified atom stereocenters. The zero-order chi connectivity index (χ0) is 58.8. The lowest BCUT2D eigenvalue weighted by atomic mass is 9.36. The molecular weight excluding hydrogens is 1030 g/mol. The van der Waals surface area contributed by atoms with Gasteiger partial charge in [-0.15, -0.1) is 11.3 Å². The van der Waals surface area contributed by atoms with Crippen LogP contribution in [-0.4, -0.2) is 6.71 Å². The summed E-state index contributed by atoms with van der Waals surface area (Å²) in [6, 6.07) is 81.7. The summed E-state index contributed by atoms with van der Waals surface area (Å²) in [6.45, 7) is 32.5. The lowest BCUT2D eigenvalue weighted by molar-refractivity contribution is 0.590. The minimum Gasteiger partial charge on any atom is -0.311 e. The quantitative estimate of drug-likeness (QED) is 0.140. The van der Waals surface area contributed by atoms with Gasteiger partial charge in [0.25, 0.3) is 6.71 Å². The topological polar surface area (TPSA) is 9.72 Å². The molecule has 1 aromatic heterocycles. The Kier molecular flexibility index (Phi) is 13.3. The van der Waals surface area contributed by atoms with Gasteiger partial charge in [-0.3, -0.25) is 0 Å². The third kappa shape index (κ3) is 9.63. The maximum Gasteiger partial charge on any atom is 0.264 e. The number of para-hydroxylation sites is 1. The molecule has 0 N–H and O–H groups in total. The van der Waals surface area contributed by atoms with Crippen LogP contribution < -0.4 is 30.4 Å². The minimum atomic E-state index is -0.0776. The van der Waals surface area contributed by atoms with Crippen molar-refractivity contribution in [2.45, 2.75) is 125 Å². The number of nitrogens with zero attached hydrogens (tertiary/aromatic N) is 3. The maximum absolute atomic E-state index is 2.67. The highest BCUT2D eigenvalue weighted by Crippen LogP contribution is 2.53. The van der Waals surface area contributed by atoms with Crippen LogP contribution in [0.2, 0.25) is 0 Å². The third-order valence-electron chi connectivity index (χ3n) is 17.8. The Morgan fingerprint density at radius 3 is 1.65 bits per heavy atom. The molecule has 2 aliphatic heterocycles. The molecule has 0 radical (unpaired) electrons. The van der Waals surface area contributed by atoms with Crippen molar-refractivity contribution in [2.24, 2.45) is 0 Å². The fourth-order valence-corrected chi connectivity index (χ4v) is 14.2. The van der Waals surface area contributed by atoms with Crippen LogP contribution in [0.15, 0.2) is 212 Å². The van der Waals surface area contributed by atoms with E-state index in [2.05, 4.69) is 324 Å². The lowest BCUT2D eigenvalue weighted by Crippen LogP contribution is -2.60. The molecule has 11 aromatic rings. The first-order chi connectivity index (χ1) is 40.0. The zero-order valence-corrected chi connectivity index (χ0v) is 52.4. The van der Waals surface area contributed by atoms with Crippen LogP contribution in [0.5, 0.6) is 0 Å². The molecule has 3 heterocycles. The van der Waals surface area contributed by atoms with Crippen LogP contribution in [0, 0.1) is 0 Å². The van der Waals surface area contributed by atoms with E-state index < -0.39 is 0 Å². The van der Waals surface area contributed by atoms with Crippen LogP contribution in [0.4, 0.5) is 51.2 Å². The summed E-state index contributed by atoms with van der Waals surface area (Å²) < 4.78 is 2.68. The number of thiophene rings is 1. The monoisotopic (exact) mass is 1110 g/mol. The molecule has 0 atom stereocenters. The first-order valence-electron chi connectivity index (χ1n) is 30.3. The van der Waals surface area contributed by atoms with E-state index >= 15 is 0 Å². The maximum atomic E-state index is 2.67. The average Bonchev–Trinajstić information content (AvgIpc) is 1.36. The largest absolute Gasteiger partial charge is 0.311 e. The van der Waals surface area contributed by atoms with Gasteiger partial charge in [0.1, 0.15) is 0 Å². The van der Waals surface area contributed by atoms with Crippen molar-refractivity contribution in [1.29, 1.82) is 0 Å². The Bertz CT molecular complexity index is 4330. The van der Waals surface area contributed by atoms with Crippen molar-refractivity contribution in [3.63, 3.8) is 0 Å². The van der Waals surface area contributed by atoms with Gasteiger partial charge in [-0.25, -0.2) is 0 Å². The van der Waals surface area contributed by atoms with Crippen LogP contribution in [0.1, 0.15) is 131 Å². The van der Waals surface area contributed by atoms with Crippen LogP contribution in [-0.2, 0) is 21.7 Å². The minimum absolute atomic E-state index is 0.00994. The Balaban J connectivity index is 1.14. The van der Waals surface area contributed by atoms with Gasteiger partial charge < -0.3 is 14.7 Å². The Hall–Kier alpha value is -8.12. The van der Waals surface area contributed by atoms with Gasteiger partial charge in [-0.1, -0.05) is 224 Å². The molecular formula is C79H78BN3S. The van der Waals surface area contributed by atoms with Crippen LogP contribution in [0.25, 0.3) is 43.1 Å². The highest BCUT2D eigenvalue weighted by Gasteiger charge is 2.46. The predicted molar refractivity (Wildman–Crippen MR) is 368 cm³/mol. The molecule has 5 heteroatoms. The van der Waals surface area contributed by atoms with Crippen molar-refractivity contribution < 1.29 is 0 Å². The molecule has 2 aliphatic rings. The molecule has 0 spiro atoms. The molecule has 13 rings (SSSR count). The van der Waals surface area contributed by atoms with E-state index in [1.54, 1.807) is 0 Å². The zero-order valence-electron chi connectivity index (χ0n) is 51.6. The number of anilines is 9. The van der Waals surface area contributed by atoms with Crippen molar-refractivity contribution in [3.05, 3.63) is 240 Å². The van der Waals surface area contributed by atoms with Gasteiger partial charge >= 0.3 is 0 Å². The van der Waals surface area contributed by atoms with Gasteiger partial charge in [0.05, 0.1) is 17.1 Å². The highest BCUT2D eigenvalue weighted by molar-refractivity contribution is 7.33. The van der Waals surface area contributed by atoms with E-state index in [-0.39, 0.29) is 34.3 Å². The summed E-state index contributed by atoms with van der Waals surface area (Å²) in [5, 5.41) is 3.77. The molecule has 0 saturated heterocycles. The lowest BCUT2D eigenvalue weighted by Gasteiger charge is -2.44. The summed E-state index contributed by atoms with van der Waals surface area (Å²) in [5.74, 6) is 0.243. The average molecular weight is 1110 g/mol. The summed E-state index contributed by atoms with van der Waals surface area (Å²) in [4.78, 5) is 7.84. The van der Waals surface area contributed by atoms with Gasteiger partial charge in [-0.05, 0) is 173 Å². The summed E-state index contributed by atoms with van der Waals surface area (Å²) in [5.41, 5.74) is 24.4. The van der Waals surface area contributed by atoms with Crippen LogP contribution in [0.3, 0.4) is 0 Å². The van der Waals surface area contributed by atoms with Gasteiger partial charge in [0, 0.05) is 60.1 Å². The van der Waals surface area contributed by atoms with E-state index in [4.69, 9.17) is 0 Å². The second-order valence-electron chi connectivity index (χ2n) is 28.1. The predicted octanol–water partition coefficient (Wildman–Crippen LogP) is 21.3. The first kappa shape index (κ1) is 55.1. The van der Waals surface area contributed by atoms with E-state index in [0.29, 0.717) is 0 Å². The van der Waals surface area contributed by atoms with Crippen LogP contribution >= 0.6 is 11.3 Å². The van der Waals surface area contributed by atoms with Crippen molar-refractivity contribution >= 4 is 106 Å². The highest BCUT2D eigenvalue weighted by atomic mass is 32.1. The van der Waals surface area contributed by atoms with E-state index in [1.165, 1.54) is 115 Å². The fraction of sp³-hybridized carbons (Fsp3) is 0.241. The van der Waals surface area contributed by atoms with Crippen molar-refractivity contribution in [2.75, 3.05) is 14.7 Å². The third-order valence-corrected chi connectivity index (χ3v) is 19.1.